The molecule has 0 spiro atoms. The third-order valence-electron chi connectivity index (χ3n) is 6.25. The van der Waals surface area contributed by atoms with Gasteiger partial charge in [0.25, 0.3) is 0 Å². The van der Waals surface area contributed by atoms with Gasteiger partial charge >= 0.3 is 0 Å². The number of carbonyl (C=O) groups is 1. The van der Waals surface area contributed by atoms with Crippen molar-refractivity contribution in [3.8, 4) is 0 Å². The molecule has 172 valence electrons. The van der Waals surface area contributed by atoms with E-state index < -0.39 is 10.0 Å². The maximum absolute atomic E-state index is 12.9. The van der Waals surface area contributed by atoms with Gasteiger partial charge in [-0.25, -0.2) is 8.42 Å². The van der Waals surface area contributed by atoms with Crippen LogP contribution in [0.5, 0.6) is 0 Å². The zero-order valence-electron chi connectivity index (χ0n) is 18.2. The van der Waals surface area contributed by atoms with Crippen LogP contribution in [0.1, 0.15) is 37.7 Å². The summed E-state index contributed by atoms with van der Waals surface area (Å²) in [5.41, 5.74) is 1.86. The highest BCUT2D eigenvalue weighted by Gasteiger charge is 2.27. The third-order valence-corrected chi connectivity index (χ3v) is 8.65. The summed E-state index contributed by atoms with van der Waals surface area (Å²) in [6.45, 7) is 3.70. The number of anilines is 1. The largest absolute Gasteiger partial charge is 0.326 e. The van der Waals surface area contributed by atoms with Gasteiger partial charge in [0.15, 0.2) is 0 Å². The van der Waals surface area contributed by atoms with E-state index in [4.69, 9.17) is 0 Å². The van der Waals surface area contributed by atoms with Gasteiger partial charge in [-0.2, -0.15) is 4.31 Å². The molecule has 0 saturated carbocycles. The Bertz CT molecular complexity index is 1040. The highest BCUT2D eigenvalue weighted by molar-refractivity contribution is 9.10. The number of hydrogen-bond acceptors (Lipinski definition) is 4. The summed E-state index contributed by atoms with van der Waals surface area (Å²) in [6, 6.07) is 14.8. The third kappa shape index (κ3) is 5.78. The Morgan fingerprint density at radius 2 is 1.75 bits per heavy atom. The first-order chi connectivity index (χ1) is 15.4. The Labute approximate surface area is 199 Å². The predicted molar refractivity (Wildman–Crippen MR) is 130 cm³/mol. The fourth-order valence-electron chi connectivity index (χ4n) is 4.52. The van der Waals surface area contributed by atoms with Crippen LogP contribution >= 0.6 is 15.9 Å². The lowest BCUT2D eigenvalue weighted by Gasteiger charge is -2.32. The first-order valence-corrected chi connectivity index (χ1v) is 13.5. The number of likely N-dealkylation sites (tertiary alicyclic amines) is 1. The molecule has 2 aliphatic rings. The minimum absolute atomic E-state index is 0.00409. The molecule has 2 saturated heterocycles. The number of nitrogens with zero attached hydrogens (tertiary/aromatic N) is 2. The quantitative estimate of drug-likeness (QED) is 0.610. The average Bonchev–Trinajstić information content (AvgIpc) is 2.80. The SMILES string of the molecule is O=C(Nc1ccc(S(=O)(=O)N2CCCCC2)cc1)C1CCCN(Cc2cccc(Br)c2)C1. The Morgan fingerprint density at radius 3 is 2.47 bits per heavy atom. The molecule has 1 unspecified atom stereocenters. The van der Waals surface area contributed by atoms with Crippen molar-refractivity contribution in [1.82, 2.24) is 9.21 Å². The maximum atomic E-state index is 12.9. The Morgan fingerprint density at radius 1 is 1.00 bits per heavy atom. The summed E-state index contributed by atoms with van der Waals surface area (Å²) in [5, 5.41) is 2.98. The maximum Gasteiger partial charge on any atom is 0.243 e. The van der Waals surface area contributed by atoms with Crippen molar-refractivity contribution in [2.24, 2.45) is 5.92 Å². The van der Waals surface area contributed by atoms with E-state index >= 15 is 0 Å². The van der Waals surface area contributed by atoms with Gasteiger partial charge in [0.2, 0.25) is 15.9 Å². The fraction of sp³-hybridized carbons (Fsp3) is 0.458. The lowest BCUT2D eigenvalue weighted by Crippen LogP contribution is -2.40. The zero-order chi connectivity index (χ0) is 22.6. The van der Waals surface area contributed by atoms with E-state index in [1.165, 1.54) is 5.56 Å². The molecule has 0 bridgehead atoms. The van der Waals surface area contributed by atoms with Crippen molar-refractivity contribution in [3.05, 3.63) is 58.6 Å². The predicted octanol–water partition coefficient (Wildman–Crippen LogP) is 4.47. The topological polar surface area (TPSA) is 69.7 Å². The van der Waals surface area contributed by atoms with E-state index in [1.54, 1.807) is 28.6 Å². The molecule has 0 aliphatic carbocycles. The van der Waals surface area contributed by atoms with Gasteiger partial charge in [-0.3, -0.25) is 9.69 Å². The van der Waals surface area contributed by atoms with Crippen molar-refractivity contribution in [3.63, 3.8) is 0 Å². The number of piperidine rings is 2. The molecule has 1 amide bonds. The van der Waals surface area contributed by atoms with Crippen LogP contribution in [0.25, 0.3) is 0 Å². The van der Waals surface area contributed by atoms with Gasteiger partial charge in [-0.05, 0) is 74.2 Å². The minimum atomic E-state index is -3.46. The van der Waals surface area contributed by atoms with Crippen LogP contribution < -0.4 is 5.32 Å². The highest BCUT2D eigenvalue weighted by Crippen LogP contribution is 2.24. The van der Waals surface area contributed by atoms with Crippen LogP contribution in [0, 0.1) is 5.92 Å². The summed E-state index contributed by atoms with van der Waals surface area (Å²) < 4.78 is 28.2. The first-order valence-electron chi connectivity index (χ1n) is 11.3. The monoisotopic (exact) mass is 519 g/mol. The second kappa shape index (κ2) is 10.5. The van der Waals surface area contributed by atoms with Gasteiger partial charge < -0.3 is 5.32 Å². The summed E-state index contributed by atoms with van der Waals surface area (Å²) in [7, 11) is -3.46. The van der Waals surface area contributed by atoms with Crippen LogP contribution in [0.3, 0.4) is 0 Å². The van der Waals surface area contributed by atoms with Crippen molar-refractivity contribution < 1.29 is 13.2 Å². The normalized spacial score (nSPS) is 20.7. The standard InChI is InChI=1S/C24H30BrN3O3S/c25-21-8-4-6-19(16-21)17-27-13-5-7-20(18-27)24(29)26-22-9-11-23(12-10-22)32(30,31)28-14-2-1-3-15-28/h4,6,8-12,16,20H,1-3,5,7,13-15,17-18H2,(H,26,29). The molecule has 2 heterocycles. The Hall–Kier alpha value is -1.74. The summed E-state index contributed by atoms with van der Waals surface area (Å²) >= 11 is 3.52. The van der Waals surface area contributed by atoms with E-state index in [0.717, 1.165) is 56.2 Å². The highest BCUT2D eigenvalue weighted by atomic mass is 79.9. The summed E-state index contributed by atoms with van der Waals surface area (Å²) in [6.07, 6.45) is 4.75. The number of amides is 1. The van der Waals surface area contributed by atoms with Crippen molar-refractivity contribution in [1.29, 1.82) is 0 Å². The molecule has 32 heavy (non-hydrogen) atoms. The van der Waals surface area contributed by atoms with Crippen LogP contribution in [0.4, 0.5) is 5.69 Å². The van der Waals surface area contributed by atoms with Gasteiger partial charge in [-0.1, -0.05) is 34.5 Å². The summed E-state index contributed by atoms with van der Waals surface area (Å²) in [5.74, 6) is -0.0803. The zero-order valence-corrected chi connectivity index (χ0v) is 20.6. The average molecular weight is 520 g/mol. The molecule has 1 atom stereocenters. The molecule has 8 heteroatoms. The van der Waals surface area contributed by atoms with Crippen LogP contribution in [0.15, 0.2) is 57.9 Å². The van der Waals surface area contributed by atoms with E-state index in [2.05, 4.69) is 38.3 Å². The molecular weight excluding hydrogens is 490 g/mol. The smallest absolute Gasteiger partial charge is 0.243 e. The molecule has 2 aromatic rings. The van der Waals surface area contributed by atoms with E-state index in [1.807, 2.05) is 12.1 Å². The lowest BCUT2D eigenvalue weighted by molar-refractivity contribution is -0.121. The van der Waals surface area contributed by atoms with Gasteiger partial charge in [0.05, 0.1) is 10.8 Å². The van der Waals surface area contributed by atoms with Crippen molar-refractivity contribution in [2.45, 2.75) is 43.5 Å². The van der Waals surface area contributed by atoms with E-state index in [0.29, 0.717) is 18.8 Å². The fourth-order valence-corrected chi connectivity index (χ4v) is 6.48. The van der Waals surface area contributed by atoms with Crippen LogP contribution in [0.2, 0.25) is 0 Å². The van der Waals surface area contributed by atoms with Gasteiger partial charge in [0.1, 0.15) is 0 Å². The van der Waals surface area contributed by atoms with Crippen molar-refractivity contribution in [2.75, 3.05) is 31.5 Å². The molecule has 2 aromatic carbocycles. The number of benzene rings is 2. The van der Waals surface area contributed by atoms with Gasteiger partial charge in [0, 0.05) is 36.3 Å². The number of nitrogens with one attached hydrogen (secondary N) is 1. The molecule has 0 radical (unpaired) electrons. The Balaban J connectivity index is 1.35. The number of halogens is 1. The molecular formula is C24H30BrN3O3S. The van der Waals surface area contributed by atoms with Crippen LogP contribution in [-0.4, -0.2) is 49.7 Å². The van der Waals surface area contributed by atoms with E-state index in [-0.39, 0.29) is 16.7 Å². The van der Waals surface area contributed by atoms with Crippen molar-refractivity contribution >= 4 is 37.5 Å². The second-order valence-electron chi connectivity index (χ2n) is 8.68. The Kier molecular flexibility index (Phi) is 7.66. The molecule has 4 rings (SSSR count). The number of sulfonamides is 1. The molecule has 0 aromatic heterocycles. The van der Waals surface area contributed by atoms with E-state index in [9.17, 15) is 13.2 Å². The number of carbonyl (C=O) groups excluding carboxylic acids is 1. The lowest BCUT2D eigenvalue weighted by atomic mass is 9.96. The molecule has 2 fully saturated rings. The van der Waals surface area contributed by atoms with Crippen LogP contribution in [-0.2, 0) is 21.4 Å². The molecule has 2 aliphatic heterocycles. The number of rotatable bonds is 6. The number of hydrogen-bond donors (Lipinski definition) is 1. The molecule has 6 nitrogen and oxygen atoms in total. The summed E-state index contributed by atoms with van der Waals surface area (Å²) in [4.78, 5) is 15.5. The first kappa shape index (κ1) is 23.4. The van der Waals surface area contributed by atoms with Gasteiger partial charge in [-0.15, -0.1) is 0 Å². The minimum Gasteiger partial charge on any atom is -0.326 e. The second-order valence-corrected chi connectivity index (χ2v) is 11.5. The molecule has 1 N–H and O–H groups in total.